The maximum absolute atomic E-state index is 13.7. The molecule has 3 aromatic rings. The van der Waals surface area contributed by atoms with E-state index in [1.165, 1.54) is 17.0 Å². The van der Waals surface area contributed by atoms with E-state index >= 15 is 0 Å². The van der Waals surface area contributed by atoms with Crippen molar-refractivity contribution in [3.63, 3.8) is 0 Å². The van der Waals surface area contributed by atoms with Crippen LogP contribution in [0.3, 0.4) is 0 Å². The largest absolute Gasteiger partial charge is 0.418 e. The Morgan fingerprint density at radius 3 is 2.40 bits per heavy atom. The van der Waals surface area contributed by atoms with Crippen LogP contribution in [0.1, 0.15) is 43.1 Å². The quantitative estimate of drug-likeness (QED) is 0.374. The predicted molar refractivity (Wildman–Crippen MR) is 145 cm³/mol. The van der Waals surface area contributed by atoms with Crippen molar-refractivity contribution in [2.75, 3.05) is 19.3 Å². The molecule has 4 rings (SSSR count). The zero-order chi connectivity index (χ0) is 29.6. The minimum atomic E-state index is -4.02. The molecule has 1 saturated heterocycles. The summed E-state index contributed by atoms with van der Waals surface area (Å²) < 4.78 is 84.0. The Hall–Kier alpha value is -2.24. The fourth-order valence-electron chi connectivity index (χ4n) is 3.84. The van der Waals surface area contributed by atoms with Crippen LogP contribution >= 0.6 is 34.5 Å². The van der Waals surface area contributed by atoms with Gasteiger partial charge < -0.3 is 9.32 Å². The highest BCUT2D eigenvalue weighted by Gasteiger charge is 2.38. The van der Waals surface area contributed by atoms with Crippen molar-refractivity contribution in [3.05, 3.63) is 33.8 Å². The number of piperidine rings is 1. The lowest BCUT2D eigenvalue weighted by molar-refractivity contribution is -0.0494. The first-order valence-electron chi connectivity index (χ1n) is 11.7. The molecule has 218 valence electrons. The summed E-state index contributed by atoms with van der Waals surface area (Å²) in [6, 6.07) is 2.15. The van der Waals surface area contributed by atoms with E-state index in [2.05, 4.69) is 19.9 Å². The minimum absolute atomic E-state index is 0.0262. The lowest BCUT2D eigenvalue weighted by atomic mass is 10.1. The monoisotopic (exact) mass is 657 g/mol. The van der Waals surface area contributed by atoms with Crippen LogP contribution in [0.4, 0.5) is 8.78 Å². The molecule has 2 aromatic heterocycles. The molecule has 1 aliphatic rings. The van der Waals surface area contributed by atoms with Crippen LogP contribution in [0.25, 0.3) is 21.3 Å². The first-order valence-corrected chi connectivity index (χ1v) is 16.8. The van der Waals surface area contributed by atoms with E-state index in [0.717, 1.165) is 17.6 Å². The molecule has 18 heteroatoms. The van der Waals surface area contributed by atoms with Gasteiger partial charge in [-0.3, -0.25) is 4.79 Å². The maximum Gasteiger partial charge on any atom is 0.276 e. The van der Waals surface area contributed by atoms with E-state index in [9.17, 15) is 30.4 Å². The summed E-state index contributed by atoms with van der Waals surface area (Å²) in [5.74, 6) is -4.47. The zero-order valence-electron chi connectivity index (χ0n) is 21.2. The van der Waals surface area contributed by atoms with Crippen LogP contribution in [-0.4, -0.2) is 74.1 Å². The van der Waals surface area contributed by atoms with Crippen LogP contribution in [0.5, 0.6) is 0 Å². The number of hydrogen-bond donors (Lipinski definition) is 1. The van der Waals surface area contributed by atoms with Crippen LogP contribution in [0, 0.1) is 0 Å². The van der Waals surface area contributed by atoms with Gasteiger partial charge in [-0.1, -0.05) is 29.3 Å². The molecule has 0 atom stereocenters. The van der Waals surface area contributed by atoms with Gasteiger partial charge in [0.15, 0.2) is 14.8 Å². The predicted octanol–water partition coefficient (Wildman–Crippen LogP) is 4.27. The highest BCUT2D eigenvalue weighted by molar-refractivity contribution is 7.90. The van der Waals surface area contributed by atoms with Gasteiger partial charge in [-0.15, -0.1) is 21.5 Å². The summed E-state index contributed by atoms with van der Waals surface area (Å²) in [5.41, 5.74) is -0.0255. The average Bonchev–Trinajstić information content (AvgIpc) is 3.45. The van der Waals surface area contributed by atoms with Crippen LogP contribution in [0.15, 0.2) is 21.4 Å². The molecule has 0 aliphatic carbocycles. The van der Waals surface area contributed by atoms with Crippen molar-refractivity contribution in [2.24, 2.45) is 0 Å². The number of amides is 1. The molecular weight excluding hydrogens is 635 g/mol. The highest BCUT2D eigenvalue weighted by atomic mass is 35.5. The van der Waals surface area contributed by atoms with Gasteiger partial charge in [0.1, 0.15) is 16.3 Å². The third kappa shape index (κ3) is 6.79. The second-order valence-electron chi connectivity index (χ2n) is 9.43. The molecule has 0 saturated carbocycles. The van der Waals surface area contributed by atoms with Gasteiger partial charge in [-0.05, 0) is 19.9 Å². The maximum atomic E-state index is 13.7. The second kappa shape index (κ2) is 11.2. The van der Waals surface area contributed by atoms with Gasteiger partial charge in [-0.25, -0.2) is 35.3 Å². The van der Waals surface area contributed by atoms with Gasteiger partial charge in [0.25, 0.3) is 17.7 Å². The van der Waals surface area contributed by atoms with Gasteiger partial charge in [-0.2, -0.15) is 0 Å². The molecule has 1 N–H and O–H groups in total. The fourth-order valence-corrected chi connectivity index (χ4v) is 7.59. The fraction of sp³-hybridized carbons (Fsp3) is 0.455. The van der Waals surface area contributed by atoms with Gasteiger partial charge in [0.05, 0.1) is 14.9 Å². The molecule has 1 aliphatic heterocycles. The normalized spacial score (nSPS) is 16.1. The molecule has 11 nitrogen and oxygen atoms in total. The molecule has 1 amide bonds. The number of benzene rings is 1. The van der Waals surface area contributed by atoms with Crippen LogP contribution in [0.2, 0.25) is 10.0 Å². The number of hydrogen-bond acceptors (Lipinski definition) is 10. The summed E-state index contributed by atoms with van der Waals surface area (Å²) in [4.78, 5) is 18.9. The Labute approximate surface area is 242 Å². The van der Waals surface area contributed by atoms with Crippen molar-refractivity contribution >= 4 is 60.3 Å². The minimum Gasteiger partial charge on any atom is -0.418 e. The SMILES string of the molecule is CC(C)NS(=O)(=O)c1ccc(-c2sc(-c3nnc(CS(C)(=O)=O)o3)nc2C(=O)N2CCC(F)(F)CC2)c(Cl)c1Cl. The number of nitrogens with zero attached hydrogens (tertiary/aromatic N) is 4. The lowest BCUT2D eigenvalue weighted by Gasteiger charge is -2.31. The Morgan fingerprint density at radius 2 is 1.80 bits per heavy atom. The number of sulfone groups is 1. The second-order valence-corrected chi connectivity index (χ2v) is 15.0. The van der Waals surface area contributed by atoms with E-state index in [4.69, 9.17) is 27.6 Å². The molecular formula is C22H23Cl2F2N5O6S3. The van der Waals surface area contributed by atoms with Gasteiger partial charge in [0.2, 0.25) is 15.9 Å². The van der Waals surface area contributed by atoms with Crippen molar-refractivity contribution in [1.29, 1.82) is 0 Å². The number of likely N-dealkylation sites (tertiary alicyclic amines) is 1. The molecule has 0 radical (unpaired) electrons. The van der Waals surface area contributed by atoms with Gasteiger partial charge in [0, 0.05) is 43.8 Å². The molecule has 40 heavy (non-hydrogen) atoms. The average molecular weight is 659 g/mol. The topological polar surface area (TPSA) is 152 Å². The summed E-state index contributed by atoms with van der Waals surface area (Å²) in [6.07, 6.45) is -0.0548. The molecule has 0 bridgehead atoms. The zero-order valence-corrected chi connectivity index (χ0v) is 25.2. The van der Waals surface area contributed by atoms with Crippen LogP contribution in [-0.2, 0) is 25.6 Å². The van der Waals surface area contributed by atoms with E-state index in [-0.39, 0.29) is 61.0 Å². The number of carbonyl (C=O) groups is 1. The summed E-state index contributed by atoms with van der Waals surface area (Å²) in [5, 5.41) is 7.06. The number of halogens is 4. The third-order valence-corrected chi connectivity index (χ3v) is 10.2. The van der Waals surface area contributed by atoms with Crippen molar-refractivity contribution in [2.45, 2.75) is 49.3 Å². The Morgan fingerprint density at radius 1 is 1.15 bits per heavy atom. The first kappa shape index (κ1) is 30.7. The number of alkyl halides is 2. The molecule has 1 fully saturated rings. The molecule has 0 spiro atoms. The van der Waals surface area contributed by atoms with Crippen molar-refractivity contribution in [1.82, 2.24) is 24.8 Å². The van der Waals surface area contributed by atoms with Crippen LogP contribution < -0.4 is 4.72 Å². The smallest absolute Gasteiger partial charge is 0.276 e. The molecule has 3 heterocycles. The summed E-state index contributed by atoms with van der Waals surface area (Å²) in [7, 11) is -7.51. The molecule has 1 aromatic carbocycles. The highest BCUT2D eigenvalue weighted by Crippen LogP contribution is 2.43. The number of aromatic nitrogens is 3. The van der Waals surface area contributed by atoms with E-state index in [1.807, 2.05) is 0 Å². The van der Waals surface area contributed by atoms with Crippen molar-refractivity contribution < 1.29 is 34.8 Å². The van der Waals surface area contributed by atoms with E-state index < -0.39 is 56.3 Å². The standard InChI is InChI=1S/C22H23Cl2F2N5O6S3/c1-11(2)30-40(35,36)13-5-4-12(15(23)16(13)24)18-17(21(32)31-8-6-22(25,26)7-9-31)27-20(38-18)19-29-28-14(37-19)10-39(3,33)34/h4-5,11,30H,6-10H2,1-3H3. The summed E-state index contributed by atoms with van der Waals surface area (Å²) in [6.45, 7) is 2.83. The number of carbonyl (C=O) groups excluding carboxylic acids is 1. The number of nitrogens with one attached hydrogen (secondary N) is 1. The van der Waals surface area contributed by atoms with Crippen molar-refractivity contribution in [3.8, 4) is 21.3 Å². The first-order chi connectivity index (χ1) is 18.5. The van der Waals surface area contributed by atoms with E-state index in [1.54, 1.807) is 13.8 Å². The lowest BCUT2D eigenvalue weighted by Crippen LogP contribution is -2.43. The summed E-state index contributed by atoms with van der Waals surface area (Å²) >= 11 is 13.8. The molecule has 0 unspecified atom stereocenters. The number of sulfonamides is 1. The number of thiazole rings is 1. The van der Waals surface area contributed by atoms with E-state index in [0.29, 0.717) is 0 Å². The third-order valence-electron chi connectivity index (χ3n) is 5.62. The Balaban J connectivity index is 1.81. The Bertz CT molecular complexity index is 1670. The Kier molecular flexibility index (Phi) is 8.61. The number of rotatable bonds is 8. The van der Waals surface area contributed by atoms with Gasteiger partial charge >= 0.3 is 0 Å².